The SMILES string of the molecule is CCN(CC)CCN.N#CSC#N.[Ni]. The van der Waals surface area contributed by atoms with Crippen LogP contribution in [0.1, 0.15) is 13.8 Å². The molecule has 2 N–H and O–H groups in total. The third-order valence-corrected chi connectivity index (χ3v) is 1.61. The Morgan fingerprint density at radius 3 is 1.71 bits per heavy atom. The molecular formula is C8H16N4NiS. The summed E-state index contributed by atoms with van der Waals surface area (Å²) in [5.74, 6) is 0. The van der Waals surface area contributed by atoms with E-state index in [1.807, 2.05) is 0 Å². The van der Waals surface area contributed by atoms with Gasteiger partial charge in [-0.1, -0.05) is 13.8 Å². The van der Waals surface area contributed by atoms with Gasteiger partial charge >= 0.3 is 0 Å². The Morgan fingerprint density at radius 1 is 1.21 bits per heavy atom. The Hall–Kier alpha value is -0.256. The van der Waals surface area contributed by atoms with Crippen LogP contribution in [-0.4, -0.2) is 31.1 Å². The van der Waals surface area contributed by atoms with Crippen molar-refractivity contribution in [2.24, 2.45) is 5.73 Å². The minimum atomic E-state index is 0. The van der Waals surface area contributed by atoms with Crippen LogP contribution in [0.4, 0.5) is 0 Å². The molecule has 0 radical (unpaired) electrons. The maximum atomic E-state index is 7.56. The molecule has 0 bridgehead atoms. The number of hydrogen-bond acceptors (Lipinski definition) is 5. The summed E-state index contributed by atoms with van der Waals surface area (Å²) in [6.07, 6.45) is 0. The number of likely N-dealkylation sites (N-methyl/N-ethyl adjacent to an activating group) is 1. The predicted octanol–water partition coefficient (Wildman–Crippen LogP) is 0.966. The molecule has 0 atom stereocenters. The number of rotatable bonds is 4. The molecule has 0 saturated carbocycles. The van der Waals surface area contributed by atoms with E-state index in [1.165, 1.54) is 0 Å². The van der Waals surface area contributed by atoms with Gasteiger partial charge in [-0.3, -0.25) is 0 Å². The van der Waals surface area contributed by atoms with E-state index in [0.29, 0.717) is 11.8 Å². The van der Waals surface area contributed by atoms with E-state index >= 15 is 0 Å². The summed E-state index contributed by atoms with van der Waals surface area (Å²) >= 11 is 0.574. The summed E-state index contributed by atoms with van der Waals surface area (Å²) in [6.45, 7) is 8.36. The minimum absolute atomic E-state index is 0. The second kappa shape index (κ2) is 18.5. The van der Waals surface area contributed by atoms with Crippen LogP contribution in [0.2, 0.25) is 0 Å². The largest absolute Gasteiger partial charge is 0.329 e. The van der Waals surface area contributed by atoms with Crippen molar-refractivity contribution in [2.45, 2.75) is 13.8 Å². The molecule has 84 valence electrons. The van der Waals surface area contributed by atoms with Crippen molar-refractivity contribution >= 4 is 11.8 Å². The van der Waals surface area contributed by atoms with E-state index in [2.05, 4.69) is 18.7 Å². The predicted molar refractivity (Wildman–Crippen MR) is 55.7 cm³/mol. The van der Waals surface area contributed by atoms with Crippen molar-refractivity contribution in [1.82, 2.24) is 4.90 Å². The summed E-state index contributed by atoms with van der Waals surface area (Å²) < 4.78 is 0. The van der Waals surface area contributed by atoms with Crippen molar-refractivity contribution < 1.29 is 16.5 Å². The van der Waals surface area contributed by atoms with Gasteiger partial charge in [0.2, 0.25) is 0 Å². The molecule has 0 saturated heterocycles. The molecule has 0 fully saturated rings. The first kappa shape index (κ1) is 19.3. The van der Waals surface area contributed by atoms with Crippen molar-refractivity contribution in [1.29, 1.82) is 10.5 Å². The van der Waals surface area contributed by atoms with Crippen molar-refractivity contribution in [3.05, 3.63) is 0 Å². The summed E-state index contributed by atoms with van der Waals surface area (Å²) in [4.78, 5) is 2.31. The smallest absolute Gasteiger partial charge is 0.149 e. The number of hydrogen-bond donors (Lipinski definition) is 1. The molecule has 0 aromatic rings. The van der Waals surface area contributed by atoms with Crippen molar-refractivity contribution in [3.63, 3.8) is 0 Å². The zero-order chi connectivity index (χ0) is 10.5. The zero-order valence-corrected chi connectivity index (χ0v) is 10.3. The third-order valence-electron chi connectivity index (χ3n) is 1.43. The van der Waals surface area contributed by atoms with Gasteiger partial charge in [0, 0.05) is 29.6 Å². The van der Waals surface area contributed by atoms with Gasteiger partial charge in [0.15, 0.2) is 0 Å². The molecule has 0 aromatic carbocycles. The van der Waals surface area contributed by atoms with Gasteiger partial charge in [0.1, 0.15) is 10.8 Å². The van der Waals surface area contributed by atoms with Crippen molar-refractivity contribution in [2.75, 3.05) is 26.2 Å². The fraction of sp³-hybridized carbons (Fsp3) is 0.750. The van der Waals surface area contributed by atoms with Gasteiger partial charge in [-0.05, 0) is 13.1 Å². The first-order chi connectivity index (χ1) is 6.26. The summed E-state index contributed by atoms with van der Waals surface area (Å²) in [7, 11) is 0. The minimum Gasteiger partial charge on any atom is -0.329 e. The topological polar surface area (TPSA) is 76.8 Å². The van der Waals surface area contributed by atoms with Crippen LogP contribution in [0.5, 0.6) is 0 Å². The van der Waals surface area contributed by atoms with Gasteiger partial charge in [0.05, 0.1) is 11.8 Å². The van der Waals surface area contributed by atoms with E-state index in [4.69, 9.17) is 16.3 Å². The van der Waals surface area contributed by atoms with Gasteiger partial charge in [-0.2, -0.15) is 10.5 Å². The standard InChI is InChI=1S/C6H16N2.C2N2S.Ni/c1-3-8(4-2)6-5-7;3-1-5-2-4;/h3-7H2,1-2H3;;. The van der Waals surface area contributed by atoms with Crippen LogP contribution < -0.4 is 5.73 Å². The van der Waals surface area contributed by atoms with E-state index in [-0.39, 0.29) is 16.5 Å². The Balaban J connectivity index is -0.000000177. The van der Waals surface area contributed by atoms with Gasteiger partial charge in [-0.25, -0.2) is 0 Å². The summed E-state index contributed by atoms with van der Waals surface area (Å²) in [6, 6.07) is 0. The molecule has 0 unspecified atom stereocenters. The number of thioether (sulfide) groups is 1. The molecule has 14 heavy (non-hydrogen) atoms. The molecule has 0 aliphatic carbocycles. The molecule has 0 aliphatic rings. The van der Waals surface area contributed by atoms with E-state index in [1.54, 1.807) is 10.8 Å². The number of thiocyanates is 2. The fourth-order valence-electron chi connectivity index (χ4n) is 0.743. The van der Waals surface area contributed by atoms with E-state index < -0.39 is 0 Å². The molecular weight excluding hydrogens is 243 g/mol. The van der Waals surface area contributed by atoms with Crippen LogP contribution in [0.25, 0.3) is 0 Å². The van der Waals surface area contributed by atoms with E-state index in [0.717, 1.165) is 26.2 Å². The molecule has 0 heterocycles. The Bertz CT molecular complexity index is 159. The molecule has 0 rings (SSSR count). The van der Waals surface area contributed by atoms with Gasteiger partial charge in [0.25, 0.3) is 0 Å². The Labute approximate surface area is 100 Å². The monoisotopic (exact) mass is 258 g/mol. The maximum absolute atomic E-state index is 7.56. The molecule has 0 amide bonds. The van der Waals surface area contributed by atoms with Crippen molar-refractivity contribution in [3.8, 4) is 10.8 Å². The molecule has 0 spiro atoms. The normalized spacial score (nSPS) is 7.57. The van der Waals surface area contributed by atoms with Crippen LogP contribution in [0.15, 0.2) is 0 Å². The second-order valence-electron chi connectivity index (χ2n) is 2.10. The number of nitrogens with zero attached hydrogens (tertiary/aromatic N) is 3. The quantitative estimate of drug-likeness (QED) is 0.601. The fourth-order valence-corrected chi connectivity index (χ4v) is 0.784. The van der Waals surface area contributed by atoms with Crippen LogP contribution in [0, 0.1) is 21.3 Å². The summed E-state index contributed by atoms with van der Waals surface area (Å²) in [5, 5.41) is 18.3. The number of nitrogens with two attached hydrogens (primary N) is 1. The average molecular weight is 259 g/mol. The third kappa shape index (κ3) is 17.7. The number of nitriles is 2. The average Bonchev–Trinajstić information content (AvgIpc) is 2.16. The maximum Gasteiger partial charge on any atom is 0.149 e. The Morgan fingerprint density at radius 2 is 1.64 bits per heavy atom. The first-order valence-corrected chi connectivity index (χ1v) is 4.94. The van der Waals surface area contributed by atoms with E-state index in [9.17, 15) is 0 Å². The van der Waals surface area contributed by atoms with Crippen LogP contribution in [-0.2, 0) is 16.5 Å². The first-order valence-electron chi connectivity index (χ1n) is 4.13. The van der Waals surface area contributed by atoms with Crippen LogP contribution in [0.3, 0.4) is 0 Å². The van der Waals surface area contributed by atoms with Gasteiger partial charge < -0.3 is 10.6 Å². The molecule has 0 aromatic heterocycles. The zero-order valence-electron chi connectivity index (χ0n) is 8.47. The van der Waals surface area contributed by atoms with Gasteiger partial charge in [-0.15, -0.1) is 0 Å². The summed E-state index contributed by atoms with van der Waals surface area (Å²) in [5.41, 5.74) is 5.34. The Kier molecular flexibility index (Phi) is 25.6. The van der Waals surface area contributed by atoms with Crippen LogP contribution >= 0.6 is 11.8 Å². The molecule has 0 aliphatic heterocycles. The molecule has 4 nitrogen and oxygen atoms in total. The molecule has 6 heteroatoms. The second-order valence-corrected chi connectivity index (χ2v) is 2.67.